The number of benzene rings is 2. The van der Waals surface area contributed by atoms with E-state index in [-0.39, 0.29) is 11.9 Å². The van der Waals surface area contributed by atoms with Crippen molar-refractivity contribution in [2.45, 2.75) is 12.5 Å². The largest absolute Gasteiger partial charge is 0.271 e. The van der Waals surface area contributed by atoms with Crippen molar-refractivity contribution in [2.24, 2.45) is 5.84 Å². The summed E-state index contributed by atoms with van der Waals surface area (Å²) in [5.41, 5.74) is 4.00. The molecule has 0 aliphatic carbocycles. The van der Waals surface area contributed by atoms with Crippen molar-refractivity contribution >= 4 is 39.1 Å². The number of nitrogens with one attached hydrogen (secondary N) is 1. The number of hydrazine groups is 1. The summed E-state index contributed by atoms with van der Waals surface area (Å²) in [5, 5.41) is 1.04. The van der Waals surface area contributed by atoms with Gasteiger partial charge in [-0.1, -0.05) is 51.3 Å². The molecule has 2 rings (SSSR count). The molecule has 0 spiro atoms. The Morgan fingerprint density at radius 1 is 1.20 bits per heavy atom. The van der Waals surface area contributed by atoms with Crippen LogP contribution >= 0.6 is 39.1 Å². The highest BCUT2D eigenvalue weighted by molar-refractivity contribution is 9.10. The van der Waals surface area contributed by atoms with Gasteiger partial charge in [0.1, 0.15) is 5.82 Å². The van der Waals surface area contributed by atoms with Crippen LogP contribution in [-0.2, 0) is 6.42 Å². The summed E-state index contributed by atoms with van der Waals surface area (Å²) < 4.78 is 14.6. The Kier molecular flexibility index (Phi) is 5.41. The fourth-order valence-electron chi connectivity index (χ4n) is 1.95. The first-order valence-corrected chi connectivity index (χ1v) is 7.41. The van der Waals surface area contributed by atoms with Gasteiger partial charge >= 0.3 is 0 Å². The standard InChI is InChI=1S/C14H12BrCl2FN2/c15-9-2-1-8(13(18)6-9)5-14(20-19)11-4-3-10(16)7-12(11)17/h1-4,6-7,14,20H,5,19H2. The van der Waals surface area contributed by atoms with E-state index < -0.39 is 0 Å². The van der Waals surface area contributed by atoms with Crippen LogP contribution in [0.2, 0.25) is 10.0 Å². The maximum Gasteiger partial charge on any atom is 0.127 e. The molecule has 0 heterocycles. The van der Waals surface area contributed by atoms with Crippen LogP contribution in [0.25, 0.3) is 0 Å². The van der Waals surface area contributed by atoms with E-state index in [0.717, 1.165) is 5.56 Å². The van der Waals surface area contributed by atoms with E-state index in [9.17, 15) is 4.39 Å². The van der Waals surface area contributed by atoms with E-state index >= 15 is 0 Å². The van der Waals surface area contributed by atoms with Crippen molar-refractivity contribution in [1.29, 1.82) is 0 Å². The third kappa shape index (κ3) is 3.71. The molecule has 3 N–H and O–H groups in total. The van der Waals surface area contributed by atoms with E-state index in [1.807, 2.05) is 0 Å². The van der Waals surface area contributed by atoms with Crippen molar-refractivity contribution in [3.05, 3.63) is 67.9 Å². The van der Waals surface area contributed by atoms with Crippen LogP contribution in [0, 0.1) is 5.82 Å². The molecule has 20 heavy (non-hydrogen) atoms. The fraction of sp³-hybridized carbons (Fsp3) is 0.143. The zero-order valence-electron chi connectivity index (χ0n) is 10.3. The van der Waals surface area contributed by atoms with Gasteiger partial charge in [-0.25, -0.2) is 4.39 Å². The summed E-state index contributed by atoms with van der Waals surface area (Å²) >= 11 is 15.2. The highest BCUT2D eigenvalue weighted by atomic mass is 79.9. The molecule has 2 aromatic rings. The van der Waals surface area contributed by atoms with Crippen LogP contribution in [0.3, 0.4) is 0 Å². The predicted octanol–water partition coefficient (Wildman–Crippen LogP) is 4.64. The minimum absolute atomic E-state index is 0.287. The van der Waals surface area contributed by atoms with Crippen LogP contribution in [0.5, 0.6) is 0 Å². The summed E-state index contributed by atoms with van der Waals surface area (Å²) in [5.74, 6) is 5.28. The normalized spacial score (nSPS) is 12.4. The summed E-state index contributed by atoms with van der Waals surface area (Å²) in [6.07, 6.45) is 0.386. The molecule has 0 aromatic heterocycles. The van der Waals surface area contributed by atoms with Crippen LogP contribution < -0.4 is 11.3 Å². The van der Waals surface area contributed by atoms with E-state index in [4.69, 9.17) is 29.0 Å². The highest BCUT2D eigenvalue weighted by Crippen LogP contribution is 2.29. The molecule has 0 saturated heterocycles. The van der Waals surface area contributed by atoms with E-state index in [0.29, 0.717) is 26.5 Å². The first kappa shape index (κ1) is 15.7. The molecule has 0 aliphatic rings. The molecule has 0 aliphatic heterocycles. The first-order chi connectivity index (χ1) is 9.51. The van der Waals surface area contributed by atoms with E-state index in [1.54, 1.807) is 30.3 Å². The molecular formula is C14H12BrCl2FN2. The lowest BCUT2D eigenvalue weighted by atomic mass is 9.99. The molecule has 0 amide bonds. The molecule has 0 bridgehead atoms. The molecule has 0 saturated carbocycles. The minimum Gasteiger partial charge on any atom is -0.271 e. The average molecular weight is 378 g/mol. The number of nitrogens with two attached hydrogens (primary N) is 1. The Hall–Kier alpha value is -0.650. The Balaban J connectivity index is 2.28. The Morgan fingerprint density at radius 3 is 2.55 bits per heavy atom. The lowest BCUT2D eigenvalue weighted by molar-refractivity contribution is 0.529. The highest BCUT2D eigenvalue weighted by Gasteiger charge is 2.16. The van der Waals surface area contributed by atoms with Gasteiger partial charge in [-0.05, 0) is 41.8 Å². The Labute approximate surface area is 135 Å². The van der Waals surface area contributed by atoms with Gasteiger partial charge in [0.05, 0.1) is 6.04 Å². The molecule has 1 atom stereocenters. The van der Waals surface area contributed by atoms with Crippen LogP contribution in [0.15, 0.2) is 40.9 Å². The maximum atomic E-state index is 13.9. The number of halogens is 4. The van der Waals surface area contributed by atoms with Gasteiger partial charge in [0.2, 0.25) is 0 Å². The quantitative estimate of drug-likeness (QED) is 0.601. The van der Waals surface area contributed by atoms with Gasteiger partial charge in [-0.3, -0.25) is 11.3 Å². The summed E-state index contributed by atoms with van der Waals surface area (Å²) in [4.78, 5) is 0. The molecule has 0 fully saturated rings. The van der Waals surface area contributed by atoms with Gasteiger partial charge < -0.3 is 0 Å². The lowest BCUT2D eigenvalue weighted by Gasteiger charge is -2.18. The summed E-state index contributed by atoms with van der Waals surface area (Å²) in [6.45, 7) is 0. The zero-order valence-corrected chi connectivity index (χ0v) is 13.4. The summed E-state index contributed by atoms with van der Waals surface area (Å²) in [7, 11) is 0. The third-order valence-electron chi connectivity index (χ3n) is 2.98. The van der Waals surface area contributed by atoms with Gasteiger partial charge in [0.25, 0.3) is 0 Å². The molecule has 2 nitrogen and oxygen atoms in total. The van der Waals surface area contributed by atoms with Gasteiger partial charge in [0.15, 0.2) is 0 Å². The minimum atomic E-state index is -0.296. The van der Waals surface area contributed by atoms with Crippen molar-refractivity contribution < 1.29 is 4.39 Å². The topological polar surface area (TPSA) is 38.0 Å². The van der Waals surface area contributed by atoms with Gasteiger partial charge in [-0.2, -0.15) is 0 Å². The Morgan fingerprint density at radius 2 is 1.95 bits per heavy atom. The molecular weight excluding hydrogens is 366 g/mol. The van der Waals surface area contributed by atoms with Crippen molar-refractivity contribution in [3.8, 4) is 0 Å². The van der Waals surface area contributed by atoms with Crippen molar-refractivity contribution in [1.82, 2.24) is 5.43 Å². The molecule has 6 heteroatoms. The second-order valence-electron chi connectivity index (χ2n) is 4.32. The monoisotopic (exact) mass is 376 g/mol. The summed E-state index contributed by atoms with van der Waals surface area (Å²) in [6, 6.07) is 9.78. The lowest BCUT2D eigenvalue weighted by Crippen LogP contribution is -2.30. The van der Waals surface area contributed by atoms with Gasteiger partial charge in [-0.15, -0.1) is 0 Å². The van der Waals surface area contributed by atoms with Crippen molar-refractivity contribution in [3.63, 3.8) is 0 Å². The third-order valence-corrected chi connectivity index (χ3v) is 4.03. The molecule has 0 radical (unpaired) electrons. The van der Waals surface area contributed by atoms with E-state index in [1.165, 1.54) is 6.07 Å². The fourth-order valence-corrected chi connectivity index (χ4v) is 2.82. The van der Waals surface area contributed by atoms with Crippen LogP contribution in [0.4, 0.5) is 4.39 Å². The molecule has 2 aromatic carbocycles. The number of hydrogen-bond donors (Lipinski definition) is 2. The SMILES string of the molecule is NNC(Cc1ccc(Br)cc1F)c1ccc(Cl)cc1Cl. The second-order valence-corrected chi connectivity index (χ2v) is 6.08. The number of hydrogen-bond acceptors (Lipinski definition) is 2. The first-order valence-electron chi connectivity index (χ1n) is 5.86. The maximum absolute atomic E-state index is 13.9. The van der Waals surface area contributed by atoms with Crippen molar-refractivity contribution in [2.75, 3.05) is 0 Å². The van der Waals surface area contributed by atoms with Gasteiger partial charge in [0, 0.05) is 14.5 Å². The average Bonchev–Trinajstić information content (AvgIpc) is 2.39. The predicted molar refractivity (Wildman–Crippen MR) is 84.3 cm³/mol. The second kappa shape index (κ2) is 6.87. The molecule has 1 unspecified atom stereocenters. The number of rotatable bonds is 4. The Bertz CT molecular complexity index is 622. The molecule has 106 valence electrons. The van der Waals surface area contributed by atoms with Crippen LogP contribution in [-0.4, -0.2) is 0 Å². The smallest absolute Gasteiger partial charge is 0.127 e. The van der Waals surface area contributed by atoms with E-state index in [2.05, 4.69) is 21.4 Å². The van der Waals surface area contributed by atoms with Crippen LogP contribution in [0.1, 0.15) is 17.2 Å². The zero-order chi connectivity index (χ0) is 14.7.